The summed E-state index contributed by atoms with van der Waals surface area (Å²) in [5, 5.41) is 4.75. The van der Waals surface area contributed by atoms with Gasteiger partial charge in [0.05, 0.1) is 11.4 Å². The standard InChI is InChI=1S/C18H19N3/c1-3-16-17(14-9-7-8-13(2)12-14)20-21(18(16)19)15-10-5-4-6-11-15/h4-12H,3,19H2,1-2H3. The number of nitrogens with zero attached hydrogens (tertiary/aromatic N) is 2. The fourth-order valence-electron chi connectivity index (χ4n) is 2.60. The van der Waals surface area contributed by atoms with Crippen LogP contribution in [-0.2, 0) is 6.42 Å². The Balaban J connectivity index is 2.19. The van der Waals surface area contributed by atoms with Crippen molar-refractivity contribution in [3.8, 4) is 16.9 Å². The Bertz CT molecular complexity index is 757. The molecule has 1 aromatic heterocycles. The lowest BCUT2D eigenvalue weighted by Gasteiger charge is -2.03. The fourth-order valence-corrected chi connectivity index (χ4v) is 2.60. The van der Waals surface area contributed by atoms with Gasteiger partial charge in [0.1, 0.15) is 5.82 Å². The predicted octanol–water partition coefficient (Wildman–Crippen LogP) is 3.99. The van der Waals surface area contributed by atoms with Crippen LogP contribution in [0.25, 0.3) is 16.9 Å². The summed E-state index contributed by atoms with van der Waals surface area (Å²) in [6, 6.07) is 18.4. The highest BCUT2D eigenvalue weighted by atomic mass is 15.3. The zero-order valence-corrected chi connectivity index (χ0v) is 12.4. The van der Waals surface area contributed by atoms with Gasteiger partial charge >= 0.3 is 0 Å². The van der Waals surface area contributed by atoms with E-state index in [0.717, 1.165) is 34.7 Å². The maximum Gasteiger partial charge on any atom is 0.131 e. The minimum Gasteiger partial charge on any atom is -0.383 e. The molecular formula is C18H19N3. The molecule has 0 aliphatic carbocycles. The van der Waals surface area contributed by atoms with E-state index in [1.54, 1.807) is 0 Å². The molecule has 0 amide bonds. The molecule has 106 valence electrons. The summed E-state index contributed by atoms with van der Waals surface area (Å²) in [5.41, 5.74) is 11.7. The van der Waals surface area contributed by atoms with Gasteiger partial charge in [-0.05, 0) is 31.5 Å². The molecule has 3 heteroatoms. The normalized spacial score (nSPS) is 10.8. The quantitative estimate of drug-likeness (QED) is 0.786. The smallest absolute Gasteiger partial charge is 0.131 e. The number of hydrogen-bond acceptors (Lipinski definition) is 2. The Kier molecular flexibility index (Phi) is 3.48. The van der Waals surface area contributed by atoms with Crippen LogP contribution in [0, 0.1) is 6.92 Å². The Hall–Kier alpha value is -2.55. The Labute approximate surface area is 125 Å². The van der Waals surface area contributed by atoms with E-state index in [2.05, 4.69) is 38.1 Å². The molecule has 3 nitrogen and oxygen atoms in total. The number of rotatable bonds is 3. The minimum atomic E-state index is 0.722. The Morgan fingerprint density at radius 1 is 1.05 bits per heavy atom. The van der Waals surface area contributed by atoms with Crippen LogP contribution in [0.1, 0.15) is 18.1 Å². The number of aromatic nitrogens is 2. The lowest BCUT2D eigenvalue weighted by molar-refractivity contribution is 0.894. The van der Waals surface area contributed by atoms with Gasteiger partial charge in [0, 0.05) is 11.1 Å². The van der Waals surface area contributed by atoms with Crippen molar-refractivity contribution >= 4 is 5.82 Å². The van der Waals surface area contributed by atoms with Crippen molar-refractivity contribution < 1.29 is 0 Å². The first-order valence-corrected chi connectivity index (χ1v) is 7.20. The average Bonchev–Trinajstić information content (AvgIpc) is 2.85. The molecule has 0 bridgehead atoms. The van der Waals surface area contributed by atoms with Crippen molar-refractivity contribution in [3.63, 3.8) is 0 Å². The first kappa shape index (κ1) is 13.4. The topological polar surface area (TPSA) is 43.8 Å². The van der Waals surface area contributed by atoms with Gasteiger partial charge in [-0.2, -0.15) is 5.10 Å². The van der Waals surface area contributed by atoms with Gasteiger partial charge in [0.15, 0.2) is 0 Å². The monoisotopic (exact) mass is 277 g/mol. The molecule has 0 radical (unpaired) electrons. The maximum atomic E-state index is 6.32. The van der Waals surface area contributed by atoms with E-state index in [4.69, 9.17) is 10.8 Å². The molecule has 0 saturated heterocycles. The second-order valence-electron chi connectivity index (χ2n) is 5.18. The van der Waals surface area contributed by atoms with Gasteiger partial charge in [0.2, 0.25) is 0 Å². The second kappa shape index (κ2) is 5.44. The molecule has 2 N–H and O–H groups in total. The zero-order valence-electron chi connectivity index (χ0n) is 12.4. The summed E-state index contributed by atoms with van der Waals surface area (Å²) >= 11 is 0. The summed E-state index contributed by atoms with van der Waals surface area (Å²) in [7, 11) is 0. The van der Waals surface area contributed by atoms with Crippen LogP contribution in [-0.4, -0.2) is 9.78 Å². The van der Waals surface area contributed by atoms with Crippen molar-refractivity contribution in [3.05, 3.63) is 65.7 Å². The lowest BCUT2D eigenvalue weighted by Crippen LogP contribution is -2.02. The summed E-state index contributed by atoms with van der Waals surface area (Å²) in [4.78, 5) is 0. The van der Waals surface area contributed by atoms with Crippen molar-refractivity contribution in [1.82, 2.24) is 9.78 Å². The van der Waals surface area contributed by atoms with E-state index < -0.39 is 0 Å². The van der Waals surface area contributed by atoms with Crippen LogP contribution >= 0.6 is 0 Å². The largest absolute Gasteiger partial charge is 0.383 e. The van der Waals surface area contributed by atoms with Crippen LogP contribution in [0.3, 0.4) is 0 Å². The van der Waals surface area contributed by atoms with Crippen LogP contribution in [0.5, 0.6) is 0 Å². The summed E-state index contributed by atoms with van der Waals surface area (Å²) in [5.74, 6) is 0.722. The van der Waals surface area contributed by atoms with Gasteiger partial charge in [-0.3, -0.25) is 0 Å². The Morgan fingerprint density at radius 2 is 1.81 bits per heavy atom. The third-order valence-corrected chi connectivity index (χ3v) is 3.67. The van der Waals surface area contributed by atoms with E-state index in [1.807, 2.05) is 35.0 Å². The lowest BCUT2D eigenvalue weighted by atomic mass is 10.0. The summed E-state index contributed by atoms with van der Waals surface area (Å²) in [6.07, 6.45) is 0.863. The number of para-hydroxylation sites is 1. The molecule has 3 rings (SSSR count). The SMILES string of the molecule is CCc1c(-c2cccc(C)c2)nn(-c2ccccc2)c1N. The van der Waals surface area contributed by atoms with E-state index in [0.29, 0.717) is 0 Å². The summed E-state index contributed by atoms with van der Waals surface area (Å²) in [6.45, 7) is 4.20. The summed E-state index contributed by atoms with van der Waals surface area (Å²) < 4.78 is 1.83. The molecule has 0 aliphatic heterocycles. The predicted molar refractivity (Wildman–Crippen MR) is 87.5 cm³/mol. The van der Waals surface area contributed by atoms with Crippen molar-refractivity contribution in [1.29, 1.82) is 0 Å². The molecule has 1 heterocycles. The molecule has 0 aliphatic rings. The van der Waals surface area contributed by atoms with Crippen LogP contribution < -0.4 is 5.73 Å². The molecule has 21 heavy (non-hydrogen) atoms. The van der Waals surface area contributed by atoms with Gasteiger partial charge < -0.3 is 5.73 Å². The maximum absolute atomic E-state index is 6.32. The molecule has 0 saturated carbocycles. The van der Waals surface area contributed by atoms with Crippen molar-refractivity contribution in [2.75, 3.05) is 5.73 Å². The Morgan fingerprint density at radius 3 is 2.48 bits per heavy atom. The van der Waals surface area contributed by atoms with Crippen LogP contribution in [0.15, 0.2) is 54.6 Å². The average molecular weight is 277 g/mol. The molecule has 2 aromatic carbocycles. The minimum absolute atomic E-state index is 0.722. The van der Waals surface area contributed by atoms with Crippen LogP contribution in [0.2, 0.25) is 0 Å². The highest BCUT2D eigenvalue weighted by molar-refractivity contribution is 5.70. The molecule has 0 unspecified atom stereocenters. The zero-order chi connectivity index (χ0) is 14.8. The number of nitrogen functional groups attached to an aromatic ring is 1. The van der Waals surface area contributed by atoms with E-state index in [9.17, 15) is 0 Å². The van der Waals surface area contributed by atoms with Gasteiger partial charge in [0.25, 0.3) is 0 Å². The molecule has 0 spiro atoms. The van der Waals surface area contributed by atoms with Gasteiger partial charge in [-0.15, -0.1) is 0 Å². The van der Waals surface area contributed by atoms with E-state index in [1.165, 1.54) is 5.56 Å². The third-order valence-electron chi connectivity index (χ3n) is 3.67. The van der Waals surface area contributed by atoms with E-state index in [-0.39, 0.29) is 0 Å². The number of nitrogens with two attached hydrogens (primary N) is 1. The molecule has 3 aromatic rings. The highest BCUT2D eigenvalue weighted by Crippen LogP contribution is 2.30. The molecular weight excluding hydrogens is 258 g/mol. The number of anilines is 1. The number of hydrogen-bond donors (Lipinski definition) is 1. The van der Waals surface area contributed by atoms with E-state index >= 15 is 0 Å². The first-order valence-electron chi connectivity index (χ1n) is 7.20. The number of aryl methyl sites for hydroxylation is 1. The van der Waals surface area contributed by atoms with Crippen molar-refractivity contribution in [2.24, 2.45) is 0 Å². The number of benzene rings is 2. The molecule has 0 atom stereocenters. The highest BCUT2D eigenvalue weighted by Gasteiger charge is 2.16. The first-order chi connectivity index (χ1) is 10.2. The van der Waals surface area contributed by atoms with Crippen molar-refractivity contribution in [2.45, 2.75) is 20.3 Å². The fraction of sp³-hybridized carbons (Fsp3) is 0.167. The van der Waals surface area contributed by atoms with Crippen LogP contribution in [0.4, 0.5) is 5.82 Å². The molecule has 0 fully saturated rings. The third kappa shape index (κ3) is 2.42. The van der Waals surface area contributed by atoms with Gasteiger partial charge in [-0.1, -0.05) is 48.9 Å². The second-order valence-corrected chi connectivity index (χ2v) is 5.18. The van der Waals surface area contributed by atoms with Gasteiger partial charge in [-0.25, -0.2) is 4.68 Å².